The molecule has 98 valence electrons. The highest BCUT2D eigenvalue weighted by Crippen LogP contribution is 2.23. The second-order valence-corrected chi connectivity index (χ2v) is 5.18. The lowest BCUT2D eigenvalue weighted by molar-refractivity contribution is 0.379. The molecule has 2 aromatic heterocycles. The number of nitrogens with one attached hydrogen (secondary N) is 1. The van der Waals surface area contributed by atoms with Crippen LogP contribution >= 0.6 is 0 Å². The van der Waals surface area contributed by atoms with Gasteiger partial charge in [0.2, 0.25) is 0 Å². The summed E-state index contributed by atoms with van der Waals surface area (Å²) >= 11 is 0. The van der Waals surface area contributed by atoms with Gasteiger partial charge in [-0.25, -0.2) is 15.0 Å². The normalized spacial score (nSPS) is 12.0. The van der Waals surface area contributed by atoms with Crippen molar-refractivity contribution in [1.29, 1.82) is 0 Å². The van der Waals surface area contributed by atoms with Crippen LogP contribution in [-0.2, 0) is 0 Å². The number of H-pyrrole nitrogens is 1. The molecule has 0 aliphatic heterocycles. The molecular formula is C12H20N6. The third-order valence-electron chi connectivity index (χ3n) is 3.06. The molecule has 0 amide bonds. The maximum absolute atomic E-state index is 5.80. The van der Waals surface area contributed by atoms with E-state index in [2.05, 4.69) is 45.6 Å². The van der Waals surface area contributed by atoms with Crippen LogP contribution in [-0.4, -0.2) is 39.6 Å². The van der Waals surface area contributed by atoms with Gasteiger partial charge in [-0.05, 0) is 18.9 Å². The Morgan fingerprint density at radius 1 is 1.33 bits per heavy atom. The Hall–Kier alpha value is -1.69. The van der Waals surface area contributed by atoms with Crippen LogP contribution in [0.3, 0.4) is 0 Å². The van der Waals surface area contributed by atoms with Crippen LogP contribution < -0.4 is 10.6 Å². The first-order valence-electron chi connectivity index (χ1n) is 6.16. The van der Waals surface area contributed by atoms with Gasteiger partial charge in [0.25, 0.3) is 0 Å². The summed E-state index contributed by atoms with van der Waals surface area (Å²) in [6.45, 7) is 8.78. The van der Waals surface area contributed by atoms with Gasteiger partial charge in [-0.2, -0.15) is 0 Å². The van der Waals surface area contributed by atoms with E-state index in [4.69, 9.17) is 5.73 Å². The molecule has 0 unspecified atom stereocenters. The maximum Gasteiger partial charge on any atom is 0.182 e. The fourth-order valence-electron chi connectivity index (χ4n) is 1.91. The quantitative estimate of drug-likeness (QED) is 0.829. The van der Waals surface area contributed by atoms with Crippen molar-refractivity contribution in [2.24, 2.45) is 11.1 Å². The fraction of sp³-hybridized carbons (Fsp3) is 0.583. The summed E-state index contributed by atoms with van der Waals surface area (Å²) in [6, 6.07) is 0. The number of anilines is 1. The van der Waals surface area contributed by atoms with Crippen molar-refractivity contribution < 1.29 is 0 Å². The predicted molar refractivity (Wildman–Crippen MR) is 72.4 cm³/mol. The van der Waals surface area contributed by atoms with Gasteiger partial charge in [-0.1, -0.05) is 13.8 Å². The molecule has 0 aliphatic carbocycles. The van der Waals surface area contributed by atoms with Gasteiger partial charge < -0.3 is 15.6 Å². The minimum absolute atomic E-state index is 0.0489. The monoisotopic (exact) mass is 248 g/mol. The van der Waals surface area contributed by atoms with Crippen LogP contribution in [0, 0.1) is 5.41 Å². The van der Waals surface area contributed by atoms with E-state index in [1.807, 2.05) is 0 Å². The Labute approximate surface area is 107 Å². The summed E-state index contributed by atoms with van der Waals surface area (Å²) in [5.74, 6) is 0.890. The molecule has 0 spiro atoms. The van der Waals surface area contributed by atoms with Crippen LogP contribution in [0.1, 0.15) is 20.8 Å². The number of hydrogen-bond acceptors (Lipinski definition) is 5. The molecule has 18 heavy (non-hydrogen) atoms. The SMILES string of the molecule is CCN(CC(C)(C)CN)c1ncnc2nc[nH]c12. The van der Waals surface area contributed by atoms with Gasteiger partial charge in [0, 0.05) is 13.1 Å². The van der Waals surface area contributed by atoms with E-state index in [1.54, 1.807) is 12.7 Å². The van der Waals surface area contributed by atoms with Crippen molar-refractivity contribution in [2.75, 3.05) is 24.5 Å². The Bertz CT molecular complexity index is 518. The van der Waals surface area contributed by atoms with Crippen LogP contribution in [0.15, 0.2) is 12.7 Å². The highest BCUT2D eigenvalue weighted by molar-refractivity contribution is 5.82. The molecule has 0 atom stereocenters. The van der Waals surface area contributed by atoms with Gasteiger partial charge in [0.05, 0.1) is 6.33 Å². The molecule has 2 aromatic rings. The number of aromatic nitrogens is 4. The van der Waals surface area contributed by atoms with Gasteiger partial charge in [0.1, 0.15) is 11.8 Å². The average Bonchev–Trinajstić information content (AvgIpc) is 2.84. The Morgan fingerprint density at radius 3 is 2.78 bits per heavy atom. The maximum atomic E-state index is 5.80. The number of nitrogens with two attached hydrogens (primary N) is 1. The van der Waals surface area contributed by atoms with Crippen molar-refractivity contribution >= 4 is 17.0 Å². The minimum Gasteiger partial charge on any atom is -0.354 e. The molecule has 0 saturated carbocycles. The number of rotatable bonds is 5. The summed E-state index contributed by atoms with van der Waals surface area (Å²) in [4.78, 5) is 18.0. The second kappa shape index (κ2) is 4.89. The van der Waals surface area contributed by atoms with Crippen molar-refractivity contribution in [3.63, 3.8) is 0 Å². The predicted octanol–water partition coefficient (Wildman–Crippen LogP) is 1.16. The molecule has 0 aliphatic rings. The molecule has 2 rings (SSSR count). The summed E-state index contributed by atoms with van der Waals surface area (Å²) in [5, 5.41) is 0. The highest BCUT2D eigenvalue weighted by atomic mass is 15.2. The van der Waals surface area contributed by atoms with Gasteiger partial charge in [-0.3, -0.25) is 0 Å². The third kappa shape index (κ3) is 2.43. The molecule has 6 nitrogen and oxygen atoms in total. The summed E-state index contributed by atoms with van der Waals surface area (Å²) in [7, 11) is 0. The van der Waals surface area contributed by atoms with E-state index >= 15 is 0 Å². The first-order valence-corrected chi connectivity index (χ1v) is 6.16. The summed E-state index contributed by atoms with van der Waals surface area (Å²) in [6.07, 6.45) is 3.20. The molecular weight excluding hydrogens is 228 g/mol. The number of nitrogens with zero attached hydrogens (tertiary/aromatic N) is 4. The van der Waals surface area contributed by atoms with Crippen molar-refractivity contribution in [3.8, 4) is 0 Å². The molecule has 3 N–H and O–H groups in total. The Kier molecular flexibility index (Phi) is 3.47. The average molecular weight is 248 g/mol. The molecule has 2 heterocycles. The smallest absolute Gasteiger partial charge is 0.182 e. The lowest BCUT2D eigenvalue weighted by Gasteiger charge is -2.31. The first kappa shape index (κ1) is 12.8. The van der Waals surface area contributed by atoms with E-state index in [-0.39, 0.29) is 5.41 Å². The van der Waals surface area contributed by atoms with E-state index in [1.165, 1.54) is 0 Å². The summed E-state index contributed by atoms with van der Waals surface area (Å²) < 4.78 is 0. The largest absolute Gasteiger partial charge is 0.354 e. The molecule has 0 bridgehead atoms. The zero-order valence-corrected chi connectivity index (χ0v) is 11.1. The first-order chi connectivity index (χ1) is 8.57. The Balaban J connectivity index is 2.35. The van der Waals surface area contributed by atoms with E-state index in [9.17, 15) is 0 Å². The molecule has 6 heteroatoms. The van der Waals surface area contributed by atoms with Gasteiger partial charge >= 0.3 is 0 Å². The lowest BCUT2D eigenvalue weighted by atomic mass is 9.93. The molecule has 0 fully saturated rings. The third-order valence-corrected chi connectivity index (χ3v) is 3.06. The topological polar surface area (TPSA) is 83.7 Å². The van der Waals surface area contributed by atoms with Gasteiger partial charge in [0.15, 0.2) is 11.5 Å². The van der Waals surface area contributed by atoms with Crippen LogP contribution in [0.2, 0.25) is 0 Å². The Morgan fingerprint density at radius 2 is 2.11 bits per heavy atom. The summed E-state index contributed by atoms with van der Waals surface area (Å²) in [5.41, 5.74) is 7.43. The standard InChI is InChI=1S/C12H20N6/c1-4-18(6-12(2,3)5-13)11-9-10(15-7-14-9)16-8-17-11/h7-8H,4-6,13H2,1-3H3,(H,14,15,16,17). The van der Waals surface area contributed by atoms with Crippen molar-refractivity contribution in [3.05, 3.63) is 12.7 Å². The van der Waals surface area contributed by atoms with Crippen LogP contribution in [0.4, 0.5) is 5.82 Å². The minimum atomic E-state index is 0.0489. The van der Waals surface area contributed by atoms with E-state index in [0.717, 1.165) is 24.4 Å². The number of fused-ring (bicyclic) bond motifs is 1. The molecule has 0 aromatic carbocycles. The van der Waals surface area contributed by atoms with E-state index in [0.29, 0.717) is 12.2 Å². The van der Waals surface area contributed by atoms with Crippen LogP contribution in [0.5, 0.6) is 0 Å². The molecule has 0 saturated heterocycles. The van der Waals surface area contributed by atoms with Crippen LogP contribution in [0.25, 0.3) is 11.2 Å². The lowest BCUT2D eigenvalue weighted by Crippen LogP contribution is -2.39. The highest BCUT2D eigenvalue weighted by Gasteiger charge is 2.22. The number of imidazole rings is 1. The van der Waals surface area contributed by atoms with Crippen molar-refractivity contribution in [2.45, 2.75) is 20.8 Å². The van der Waals surface area contributed by atoms with Gasteiger partial charge in [-0.15, -0.1) is 0 Å². The number of aromatic amines is 1. The zero-order chi connectivity index (χ0) is 13.2. The van der Waals surface area contributed by atoms with E-state index < -0.39 is 0 Å². The van der Waals surface area contributed by atoms with Crippen molar-refractivity contribution in [1.82, 2.24) is 19.9 Å². The number of hydrogen-bond donors (Lipinski definition) is 2. The fourth-order valence-corrected chi connectivity index (χ4v) is 1.91. The zero-order valence-electron chi connectivity index (χ0n) is 11.1. The second-order valence-electron chi connectivity index (χ2n) is 5.18. The molecule has 0 radical (unpaired) electrons.